The maximum Gasteiger partial charge on any atom is 0.145 e. The van der Waals surface area contributed by atoms with Gasteiger partial charge >= 0.3 is 0 Å². The van der Waals surface area contributed by atoms with Crippen LogP contribution >= 0.6 is 0 Å². The molecule has 13 heavy (non-hydrogen) atoms. The number of hydrogen-bond acceptors (Lipinski definition) is 3. The molecule has 1 aliphatic rings. The van der Waals surface area contributed by atoms with E-state index in [2.05, 4.69) is 5.32 Å². The Labute approximate surface area is 75.7 Å². The van der Waals surface area contributed by atoms with Gasteiger partial charge in [-0.15, -0.1) is 0 Å². The first-order chi connectivity index (χ1) is 6.29. The molecule has 0 aromatic heterocycles. The van der Waals surface area contributed by atoms with Crippen LogP contribution in [-0.2, 0) is 0 Å². The van der Waals surface area contributed by atoms with Crippen molar-refractivity contribution in [2.45, 2.75) is 6.04 Å². The Morgan fingerprint density at radius 2 is 2.46 bits per heavy atom. The highest BCUT2D eigenvalue weighted by Crippen LogP contribution is 2.28. The number of fused-ring (bicyclic) bond motifs is 1. The summed E-state index contributed by atoms with van der Waals surface area (Å²) in [4.78, 5) is 0. The molecule has 1 atom stereocenters. The number of benzene rings is 1. The lowest BCUT2D eigenvalue weighted by Gasteiger charge is -2.26. The standard InChI is InChI=1S/C9H11FN2O/c10-6-1-2-8-9(3-6)13-5-7(4-11)12-8/h1-3,7,12H,4-5,11H2. The van der Waals surface area contributed by atoms with Gasteiger partial charge in [-0.2, -0.15) is 0 Å². The predicted molar refractivity (Wildman–Crippen MR) is 48.4 cm³/mol. The van der Waals surface area contributed by atoms with Crippen LogP contribution in [0.15, 0.2) is 18.2 Å². The van der Waals surface area contributed by atoms with Crippen LogP contribution in [0.3, 0.4) is 0 Å². The van der Waals surface area contributed by atoms with Crippen molar-refractivity contribution in [3.8, 4) is 5.75 Å². The van der Waals surface area contributed by atoms with Gasteiger partial charge in [0, 0.05) is 12.6 Å². The van der Waals surface area contributed by atoms with Gasteiger partial charge in [-0.1, -0.05) is 0 Å². The summed E-state index contributed by atoms with van der Waals surface area (Å²) in [6.07, 6.45) is 0. The molecule has 3 N–H and O–H groups in total. The average molecular weight is 182 g/mol. The van der Waals surface area contributed by atoms with Crippen LogP contribution in [0.1, 0.15) is 0 Å². The number of nitrogens with one attached hydrogen (secondary N) is 1. The van der Waals surface area contributed by atoms with Gasteiger partial charge in [0.1, 0.15) is 18.2 Å². The lowest BCUT2D eigenvalue weighted by atomic mass is 10.2. The van der Waals surface area contributed by atoms with E-state index in [0.29, 0.717) is 18.9 Å². The van der Waals surface area contributed by atoms with Gasteiger partial charge in [0.15, 0.2) is 0 Å². The zero-order chi connectivity index (χ0) is 9.26. The van der Waals surface area contributed by atoms with Gasteiger partial charge in [0.2, 0.25) is 0 Å². The van der Waals surface area contributed by atoms with Crippen LogP contribution < -0.4 is 15.8 Å². The highest BCUT2D eigenvalue weighted by atomic mass is 19.1. The summed E-state index contributed by atoms with van der Waals surface area (Å²) < 4.78 is 18.1. The van der Waals surface area contributed by atoms with Crippen molar-refractivity contribution in [3.63, 3.8) is 0 Å². The van der Waals surface area contributed by atoms with Crippen LogP contribution in [0, 0.1) is 5.82 Å². The Morgan fingerprint density at radius 3 is 3.23 bits per heavy atom. The van der Waals surface area contributed by atoms with Crippen molar-refractivity contribution in [2.75, 3.05) is 18.5 Å². The highest BCUT2D eigenvalue weighted by Gasteiger charge is 2.17. The van der Waals surface area contributed by atoms with E-state index in [1.165, 1.54) is 12.1 Å². The van der Waals surface area contributed by atoms with Crippen molar-refractivity contribution in [2.24, 2.45) is 5.73 Å². The monoisotopic (exact) mass is 182 g/mol. The maximum absolute atomic E-state index is 12.7. The molecule has 1 aromatic rings. The molecule has 2 rings (SSSR count). The zero-order valence-corrected chi connectivity index (χ0v) is 7.09. The average Bonchev–Trinajstić information content (AvgIpc) is 2.17. The molecule has 1 aliphatic heterocycles. The Morgan fingerprint density at radius 1 is 1.62 bits per heavy atom. The summed E-state index contributed by atoms with van der Waals surface area (Å²) in [5, 5.41) is 3.16. The van der Waals surface area contributed by atoms with E-state index in [-0.39, 0.29) is 11.9 Å². The molecule has 0 spiro atoms. The van der Waals surface area contributed by atoms with Crippen LogP contribution in [0.5, 0.6) is 5.75 Å². The number of halogens is 1. The maximum atomic E-state index is 12.7. The van der Waals surface area contributed by atoms with Gasteiger partial charge in [-0.3, -0.25) is 0 Å². The third kappa shape index (κ3) is 1.58. The molecule has 70 valence electrons. The van der Waals surface area contributed by atoms with Crippen molar-refractivity contribution in [1.29, 1.82) is 0 Å². The summed E-state index contributed by atoms with van der Waals surface area (Å²) in [5.74, 6) is 0.274. The third-order valence-corrected chi connectivity index (χ3v) is 2.03. The summed E-state index contributed by atoms with van der Waals surface area (Å²) >= 11 is 0. The second kappa shape index (κ2) is 3.22. The van der Waals surface area contributed by atoms with E-state index in [9.17, 15) is 4.39 Å². The van der Waals surface area contributed by atoms with Crippen molar-refractivity contribution in [3.05, 3.63) is 24.0 Å². The molecule has 1 aromatic carbocycles. The smallest absolute Gasteiger partial charge is 0.145 e. The fourth-order valence-corrected chi connectivity index (χ4v) is 1.31. The fourth-order valence-electron chi connectivity index (χ4n) is 1.31. The molecular formula is C9H11FN2O. The molecule has 0 amide bonds. The minimum absolute atomic E-state index is 0.123. The SMILES string of the molecule is NCC1COc2cc(F)ccc2N1. The molecule has 0 aliphatic carbocycles. The lowest BCUT2D eigenvalue weighted by molar-refractivity contribution is 0.285. The quantitative estimate of drug-likeness (QED) is 0.680. The zero-order valence-electron chi connectivity index (χ0n) is 7.09. The Bertz CT molecular complexity index is 316. The molecular weight excluding hydrogens is 171 g/mol. The molecule has 0 radical (unpaired) electrons. The van der Waals surface area contributed by atoms with E-state index in [1.807, 2.05) is 0 Å². The molecule has 1 unspecified atom stereocenters. The summed E-state index contributed by atoms with van der Waals surface area (Å²) in [6, 6.07) is 4.55. The van der Waals surface area contributed by atoms with Crippen LogP contribution in [0.4, 0.5) is 10.1 Å². The van der Waals surface area contributed by atoms with Gasteiger partial charge in [0.25, 0.3) is 0 Å². The van der Waals surface area contributed by atoms with Crippen LogP contribution in [0.2, 0.25) is 0 Å². The van der Waals surface area contributed by atoms with Gasteiger partial charge in [-0.05, 0) is 12.1 Å². The Balaban J connectivity index is 2.26. The van der Waals surface area contributed by atoms with E-state index >= 15 is 0 Å². The Hall–Kier alpha value is -1.29. The van der Waals surface area contributed by atoms with Crippen LogP contribution in [-0.4, -0.2) is 19.2 Å². The molecule has 4 heteroatoms. The molecule has 0 fully saturated rings. The first-order valence-corrected chi connectivity index (χ1v) is 4.18. The third-order valence-electron chi connectivity index (χ3n) is 2.03. The van der Waals surface area contributed by atoms with E-state index in [4.69, 9.17) is 10.5 Å². The highest BCUT2D eigenvalue weighted by molar-refractivity contribution is 5.58. The van der Waals surface area contributed by atoms with Crippen molar-refractivity contribution >= 4 is 5.69 Å². The number of anilines is 1. The second-order valence-electron chi connectivity index (χ2n) is 3.03. The van der Waals surface area contributed by atoms with Crippen molar-refractivity contribution in [1.82, 2.24) is 0 Å². The minimum Gasteiger partial charge on any atom is -0.489 e. The summed E-state index contributed by atoms with van der Waals surface area (Å²) in [6.45, 7) is 1.00. The first kappa shape index (κ1) is 8.31. The summed E-state index contributed by atoms with van der Waals surface area (Å²) in [7, 11) is 0. The normalized spacial score (nSPS) is 20.0. The van der Waals surface area contributed by atoms with Crippen molar-refractivity contribution < 1.29 is 9.13 Å². The lowest BCUT2D eigenvalue weighted by Crippen LogP contribution is -2.37. The number of hydrogen-bond donors (Lipinski definition) is 2. The predicted octanol–water partition coefficient (Wildman–Crippen LogP) is 0.957. The Kier molecular flexibility index (Phi) is 2.06. The van der Waals surface area contributed by atoms with Gasteiger partial charge in [-0.25, -0.2) is 4.39 Å². The second-order valence-corrected chi connectivity index (χ2v) is 3.03. The number of ether oxygens (including phenoxy) is 1. The topological polar surface area (TPSA) is 47.3 Å². The van der Waals surface area contributed by atoms with E-state index in [0.717, 1.165) is 5.69 Å². The van der Waals surface area contributed by atoms with Gasteiger partial charge in [0.05, 0.1) is 11.7 Å². The van der Waals surface area contributed by atoms with E-state index in [1.54, 1.807) is 6.07 Å². The molecule has 3 nitrogen and oxygen atoms in total. The minimum atomic E-state index is -0.285. The number of nitrogens with two attached hydrogens (primary N) is 1. The van der Waals surface area contributed by atoms with E-state index < -0.39 is 0 Å². The molecule has 0 saturated carbocycles. The molecule has 1 heterocycles. The van der Waals surface area contributed by atoms with Gasteiger partial charge < -0.3 is 15.8 Å². The largest absolute Gasteiger partial charge is 0.489 e. The molecule has 0 saturated heterocycles. The number of rotatable bonds is 1. The van der Waals surface area contributed by atoms with Crippen LogP contribution in [0.25, 0.3) is 0 Å². The molecule has 0 bridgehead atoms. The summed E-state index contributed by atoms with van der Waals surface area (Å²) in [5.41, 5.74) is 6.28. The fraction of sp³-hybridized carbons (Fsp3) is 0.333. The first-order valence-electron chi connectivity index (χ1n) is 4.18.